The third-order valence-electron chi connectivity index (χ3n) is 8.94. The highest BCUT2D eigenvalue weighted by molar-refractivity contribution is 6.99. The highest BCUT2D eigenvalue weighted by atomic mass is 28.4. The monoisotopic (exact) mass is 710 g/mol. The number of carbonyl (C=O) groups is 2. The van der Waals surface area contributed by atoms with Gasteiger partial charge < -0.3 is 24.0 Å². The van der Waals surface area contributed by atoms with Gasteiger partial charge in [0.05, 0.1) is 39.6 Å². The Morgan fingerprint density at radius 1 is 0.902 bits per heavy atom. The van der Waals surface area contributed by atoms with Crippen LogP contribution in [0, 0.1) is 0 Å². The molecule has 12 nitrogen and oxygen atoms in total. The van der Waals surface area contributed by atoms with Crippen LogP contribution >= 0.6 is 0 Å². The van der Waals surface area contributed by atoms with Gasteiger partial charge in [0.2, 0.25) is 5.95 Å². The first-order chi connectivity index (χ1) is 24.5. The van der Waals surface area contributed by atoms with Gasteiger partial charge in [-0.2, -0.15) is 10.1 Å². The average molecular weight is 711 g/mol. The van der Waals surface area contributed by atoms with E-state index in [1.54, 1.807) is 36.2 Å². The molecule has 0 aliphatic carbocycles. The molecule has 0 saturated heterocycles. The molecule has 0 bridgehead atoms. The first-order valence-corrected chi connectivity index (χ1v) is 18.8. The number of fused-ring (bicyclic) bond motifs is 1. The second kappa shape index (κ2) is 16.2. The van der Waals surface area contributed by atoms with Crippen molar-refractivity contribution in [1.29, 1.82) is 0 Å². The number of methoxy groups -OCH3 is 3. The van der Waals surface area contributed by atoms with E-state index in [2.05, 4.69) is 96.9 Å². The van der Waals surface area contributed by atoms with E-state index in [1.807, 2.05) is 12.1 Å². The second-order valence-electron chi connectivity index (χ2n) is 13.1. The maximum atomic E-state index is 12.3. The molecule has 13 heteroatoms. The van der Waals surface area contributed by atoms with Crippen molar-refractivity contribution in [3.8, 4) is 5.75 Å². The molecule has 3 aromatic carbocycles. The van der Waals surface area contributed by atoms with Gasteiger partial charge in [0.1, 0.15) is 16.8 Å². The number of carbonyl (C=O) groups excluding carboxylic acids is 2. The molecule has 0 aliphatic heterocycles. The van der Waals surface area contributed by atoms with Crippen LogP contribution in [-0.2, 0) is 20.4 Å². The molecule has 2 N–H and O–H groups in total. The molecule has 1 amide bonds. The SMILES string of the molecule is CC[C@@H](CCO[Si](c1ccccc1)(c1ccccc1)C(C)(C)C)Nc1nc(NC(=O)OC)nc2cnn(Cc3cc(C(=O)OC)ccc3OC)c12. The summed E-state index contributed by atoms with van der Waals surface area (Å²) in [6.45, 7) is 9.63. The van der Waals surface area contributed by atoms with Crippen LogP contribution in [-0.4, -0.2) is 74.1 Å². The molecule has 268 valence electrons. The van der Waals surface area contributed by atoms with Gasteiger partial charge in [0.15, 0.2) is 5.82 Å². The molecule has 0 unspecified atom stereocenters. The lowest BCUT2D eigenvalue weighted by molar-refractivity contribution is 0.0600. The Balaban J connectivity index is 1.49. The first kappa shape index (κ1) is 37.0. The number of nitrogens with zero attached hydrogens (tertiary/aromatic N) is 4. The quantitative estimate of drug-likeness (QED) is 0.104. The fourth-order valence-electron chi connectivity index (χ4n) is 6.41. The fourth-order valence-corrected chi connectivity index (χ4v) is 11.0. The maximum Gasteiger partial charge on any atom is 0.413 e. The van der Waals surface area contributed by atoms with Crippen LogP contribution in [0.1, 0.15) is 56.5 Å². The number of rotatable bonds is 14. The highest BCUT2D eigenvalue weighted by Gasteiger charge is 2.50. The minimum absolute atomic E-state index is 0.0622. The predicted octanol–water partition coefficient (Wildman–Crippen LogP) is 6.01. The van der Waals surface area contributed by atoms with Gasteiger partial charge in [-0.3, -0.25) is 10.00 Å². The summed E-state index contributed by atoms with van der Waals surface area (Å²) in [6.07, 6.45) is 2.35. The molecule has 1 atom stereocenters. The third-order valence-corrected chi connectivity index (χ3v) is 14.0. The number of hydrogen-bond donors (Lipinski definition) is 2. The summed E-state index contributed by atoms with van der Waals surface area (Å²) >= 11 is 0. The van der Waals surface area contributed by atoms with Crippen molar-refractivity contribution < 1.29 is 28.2 Å². The lowest BCUT2D eigenvalue weighted by Crippen LogP contribution is -2.66. The minimum atomic E-state index is -2.74. The molecule has 0 spiro atoms. The van der Waals surface area contributed by atoms with Crippen LogP contribution in [0.15, 0.2) is 85.1 Å². The van der Waals surface area contributed by atoms with Crippen LogP contribution in [0.2, 0.25) is 5.04 Å². The van der Waals surface area contributed by atoms with Gasteiger partial charge >= 0.3 is 12.1 Å². The fraction of sp³-hybridized carbons (Fsp3) is 0.342. The lowest BCUT2D eigenvalue weighted by atomic mass is 10.1. The molecule has 5 rings (SSSR count). The Bertz CT molecular complexity index is 1910. The summed E-state index contributed by atoms with van der Waals surface area (Å²) in [5.41, 5.74) is 2.21. The number of benzene rings is 3. The van der Waals surface area contributed by atoms with Gasteiger partial charge in [0.25, 0.3) is 8.32 Å². The van der Waals surface area contributed by atoms with E-state index in [-0.39, 0.29) is 23.6 Å². The Hall–Kier alpha value is -5.27. The summed E-state index contributed by atoms with van der Waals surface area (Å²) in [6, 6.07) is 26.2. The van der Waals surface area contributed by atoms with Crippen LogP contribution in [0.3, 0.4) is 0 Å². The molecule has 5 aromatic rings. The minimum Gasteiger partial charge on any atom is -0.496 e. The predicted molar refractivity (Wildman–Crippen MR) is 201 cm³/mol. The van der Waals surface area contributed by atoms with Crippen molar-refractivity contribution in [1.82, 2.24) is 19.7 Å². The van der Waals surface area contributed by atoms with E-state index in [0.29, 0.717) is 46.8 Å². The number of aromatic nitrogens is 4. The highest BCUT2D eigenvalue weighted by Crippen LogP contribution is 2.37. The molecule has 0 saturated carbocycles. The Morgan fingerprint density at radius 3 is 2.14 bits per heavy atom. The largest absolute Gasteiger partial charge is 0.496 e. The topological polar surface area (TPSA) is 139 Å². The van der Waals surface area contributed by atoms with Crippen LogP contribution in [0.25, 0.3) is 11.0 Å². The Kier molecular flexibility index (Phi) is 11.7. The van der Waals surface area contributed by atoms with Gasteiger partial charge in [-0.15, -0.1) is 0 Å². The zero-order chi connectivity index (χ0) is 36.6. The molecule has 51 heavy (non-hydrogen) atoms. The molecular weight excluding hydrogens is 665 g/mol. The van der Waals surface area contributed by atoms with Crippen molar-refractivity contribution >= 4 is 53.6 Å². The summed E-state index contributed by atoms with van der Waals surface area (Å²) in [7, 11) is 1.45. The smallest absolute Gasteiger partial charge is 0.413 e. The van der Waals surface area contributed by atoms with E-state index in [4.69, 9.17) is 23.6 Å². The molecule has 0 aliphatic rings. The first-order valence-electron chi connectivity index (χ1n) is 16.9. The number of anilines is 2. The maximum absolute atomic E-state index is 12.3. The standard InChI is InChI=1S/C38H46N6O6Si/c1-8-28(21-22-50-51(38(2,3)4,29-15-11-9-12-16-29)30-17-13-10-14-18-30)40-34-33-31(41-36(42-34)43-37(46)49-7)24-39-44(33)25-27-23-26(35(45)48-6)19-20-32(27)47-5/h9-20,23-24,28H,8,21-22,25H2,1-7H3,(H2,40,41,42,43,46)/t28-/m0/s1. The number of nitrogens with one attached hydrogen (secondary N) is 2. The van der Waals surface area contributed by atoms with Gasteiger partial charge in [0, 0.05) is 18.2 Å². The van der Waals surface area contributed by atoms with E-state index < -0.39 is 20.4 Å². The zero-order valence-electron chi connectivity index (χ0n) is 30.2. The van der Waals surface area contributed by atoms with Crippen LogP contribution in [0.5, 0.6) is 5.75 Å². The molecular formula is C38H46N6O6Si. The summed E-state index contributed by atoms with van der Waals surface area (Å²) in [5.74, 6) is 0.668. The summed E-state index contributed by atoms with van der Waals surface area (Å²) < 4.78 is 24.3. The van der Waals surface area contributed by atoms with Crippen molar-refractivity contribution in [2.45, 2.75) is 58.2 Å². The number of esters is 1. The normalized spacial score (nSPS) is 12.3. The van der Waals surface area contributed by atoms with Crippen molar-refractivity contribution in [3.63, 3.8) is 0 Å². The van der Waals surface area contributed by atoms with Gasteiger partial charge in [-0.05, 0) is 46.5 Å². The third kappa shape index (κ3) is 8.05. The van der Waals surface area contributed by atoms with E-state index in [9.17, 15) is 9.59 Å². The number of ether oxygens (including phenoxy) is 3. The number of amides is 1. The van der Waals surface area contributed by atoms with Crippen molar-refractivity contribution in [3.05, 3.63) is 96.2 Å². The molecule has 0 fully saturated rings. The average Bonchev–Trinajstić information content (AvgIpc) is 3.54. The molecule has 0 radical (unpaired) electrons. The lowest BCUT2D eigenvalue weighted by Gasteiger charge is -2.43. The van der Waals surface area contributed by atoms with Gasteiger partial charge in [-0.1, -0.05) is 88.4 Å². The Morgan fingerprint density at radius 2 is 1.57 bits per heavy atom. The van der Waals surface area contributed by atoms with E-state index in [1.165, 1.54) is 24.6 Å². The van der Waals surface area contributed by atoms with Crippen LogP contribution < -0.4 is 25.7 Å². The van der Waals surface area contributed by atoms with Crippen LogP contribution in [0.4, 0.5) is 16.6 Å². The van der Waals surface area contributed by atoms with E-state index >= 15 is 0 Å². The zero-order valence-corrected chi connectivity index (χ0v) is 31.2. The van der Waals surface area contributed by atoms with Gasteiger partial charge in [-0.25, -0.2) is 14.6 Å². The van der Waals surface area contributed by atoms with Crippen molar-refractivity contribution in [2.75, 3.05) is 38.6 Å². The number of hydrogen-bond acceptors (Lipinski definition) is 10. The van der Waals surface area contributed by atoms with Crippen molar-refractivity contribution in [2.24, 2.45) is 0 Å². The van der Waals surface area contributed by atoms with E-state index in [0.717, 1.165) is 6.42 Å². The molecule has 2 aromatic heterocycles. The molecule has 2 heterocycles. The summed E-state index contributed by atoms with van der Waals surface area (Å²) in [5, 5.41) is 13.1. The second-order valence-corrected chi connectivity index (χ2v) is 17.4. The summed E-state index contributed by atoms with van der Waals surface area (Å²) in [4.78, 5) is 33.8. The Labute approximate surface area is 299 Å².